The van der Waals surface area contributed by atoms with Crippen molar-refractivity contribution in [1.82, 2.24) is 15.5 Å². The van der Waals surface area contributed by atoms with Crippen molar-refractivity contribution in [2.75, 3.05) is 45.9 Å². The molecule has 1 fully saturated rings. The Kier molecular flexibility index (Phi) is 11.1. The third-order valence-corrected chi connectivity index (χ3v) is 4.03. The summed E-state index contributed by atoms with van der Waals surface area (Å²) in [6.45, 7) is 10.6. The fourth-order valence-electron chi connectivity index (χ4n) is 2.37. The van der Waals surface area contributed by atoms with E-state index in [9.17, 15) is 0 Å². The predicted octanol–water partition coefficient (Wildman–Crippen LogP) is 2.11. The topological polar surface area (TPSA) is 62.0 Å². The van der Waals surface area contributed by atoms with Crippen LogP contribution in [0.5, 0.6) is 0 Å². The standard InChI is InChI=1S/C17H30N4O2.HI/c1-3-15(2)20-17(18-7-6-16-5-4-12-23-16)19-8-9-21-10-13-22-14-11-21;/h4-5,12,15H,3,6-11,13-14H2,1-2H3,(H2,18,19,20);1H. The molecule has 2 rings (SSSR count). The lowest BCUT2D eigenvalue weighted by molar-refractivity contribution is 0.0394. The first-order valence-corrected chi connectivity index (χ1v) is 8.65. The summed E-state index contributed by atoms with van der Waals surface area (Å²) in [5, 5.41) is 6.85. The molecule has 1 aromatic heterocycles. The van der Waals surface area contributed by atoms with Gasteiger partial charge in [0.05, 0.1) is 26.0 Å². The van der Waals surface area contributed by atoms with Crippen LogP contribution >= 0.6 is 24.0 Å². The fraction of sp³-hybridized carbons (Fsp3) is 0.706. The SMILES string of the molecule is CCC(C)NC(=NCCN1CCOCC1)NCCc1ccco1.I. The summed E-state index contributed by atoms with van der Waals surface area (Å²) in [4.78, 5) is 7.11. The number of aliphatic imine (C=N–C) groups is 1. The van der Waals surface area contributed by atoms with E-state index in [-0.39, 0.29) is 24.0 Å². The molecule has 0 saturated carbocycles. The van der Waals surface area contributed by atoms with Crippen LogP contribution in [0.25, 0.3) is 0 Å². The van der Waals surface area contributed by atoms with E-state index in [0.717, 1.165) is 70.5 Å². The molecule has 1 saturated heterocycles. The van der Waals surface area contributed by atoms with E-state index in [1.54, 1.807) is 6.26 Å². The zero-order valence-corrected chi connectivity index (χ0v) is 17.1. The Morgan fingerprint density at radius 3 is 2.83 bits per heavy atom. The number of nitrogens with zero attached hydrogens (tertiary/aromatic N) is 2. The van der Waals surface area contributed by atoms with Crippen LogP contribution in [-0.2, 0) is 11.2 Å². The van der Waals surface area contributed by atoms with E-state index in [0.29, 0.717) is 6.04 Å². The van der Waals surface area contributed by atoms with Gasteiger partial charge < -0.3 is 19.8 Å². The predicted molar refractivity (Wildman–Crippen MR) is 108 cm³/mol. The average Bonchev–Trinajstić information content (AvgIpc) is 3.09. The van der Waals surface area contributed by atoms with Crippen LogP contribution in [0.4, 0.5) is 0 Å². The number of nitrogens with one attached hydrogen (secondary N) is 2. The highest BCUT2D eigenvalue weighted by Gasteiger charge is 2.09. The van der Waals surface area contributed by atoms with Crippen molar-refractivity contribution in [2.24, 2.45) is 4.99 Å². The van der Waals surface area contributed by atoms with Crippen LogP contribution in [-0.4, -0.2) is 62.8 Å². The molecule has 1 aliphatic rings. The minimum absolute atomic E-state index is 0. The van der Waals surface area contributed by atoms with Crippen LogP contribution in [0.15, 0.2) is 27.8 Å². The van der Waals surface area contributed by atoms with Crippen molar-refractivity contribution in [3.8, 4) is 0 Å². The van der Waals surface area contributed by atoms with E-state index in [4.69, 9.17) is 14.1 Å². The quantitative estimate of drug-likeness (QED) is 0.361. The van der Waals surface area contributed by atoms with Gasteiger partial charge >= 0.3 is 0 Å². The molecule has 7 heteroatoms. The van der Waals surface area contributed by atoms with Gasteiger partial charge in [0, 0.05) is 38.6 Å². The molecule has 0 amide bonds. The second kappa shape index (κ2) is 12.5. The molecule has 0 spiro atoms. The summed E-state index contributed by atoms with van der Waals surface area (Å²) in [5.74, 6) is 1.88. The number of guanidine groups is 1. The molecular weight excluding hydrogens is 419 g/mol. The monoisotopic (exact) mass is 450 g/mol. The van der Waals surface area contributed by atoms with E-state index in [1.807, 2.05) is 12.1 Å². The number of furan rings is 1. The summed E-state index contributed by atoms with van der Waals surface area (Å²) in [7, 11) is 0. The number of rotatable bonds is 8. The number of halogens is 1. The lowest BCUT2D eigenvalue weighted by Gasteiger charge is -2.26. The van der Waals surface area contributed by atoms with Crippen molar-refractivity contribution < 1.29 is 9.15 Å². The Bertz CT molecular complexity index is 447. The van der Waals surface area contributed by atoms with Gasteiger partial charge in [-0.1, -0.05) is 6.92 Å². The fourth-order valence-corrected chi connectivity index (χ4v) is 2.37. The maximum Gasteiger partial charge on any atom is 0.191 e. The maximum absolute atomic E-state index is 5.37. The van der Waals surface area contributed by atoms with Gasteiger partial charge in [0.2, 0.25) is 0 Å². The molecule has 0 aromatic carbocycles. The lowest BCUT2D eigenvalue weighted by atomic mass is 10.3. The van der Waals surface area contributed by atoms with E-state index in [2.05, 4.69) is 29.4 Å². The van der Waals surface area contributed by atoms with Crippen LogP contribution in [0.2, 0.25) is 0 Å². The maximum atomic E-state index is 5.37. The molecule has 1 aliphatic heterocycles. The molecule has 6 nitrogen and oxygen atoms in total. The van der Waals surface area contributed by atoms with Gasteiger partial charge in [-0.3, -0.25) is 9.89 Å². The van der Waals surface area contributed by atoms with Gasteiger partial charge in [0.15, 0.2) is 5.96 Å². The van der Waals surface area contributed by atoms with Crippen LogP contribution in [0, 0.1) is 0 Å². The van der Waals surface area contributed by atoms with E-state index < -0.39 is 0 Å². The Labute approximate surface area is 162 Å². The first kappa shape index (κ1) is 21.2. The summed E-state index contributed by atoms with van der Waals surface area (Å²) in [6.07, 6.45) is 3.64. The Balaban J connectivity index is 0.00000288. The van der Waals surface area contributed by atoms with Gasteiger partial charge in [-0.05, 0) is 25.5 Å². The minimum atomic E-state index is 0. The number of ether oxygens (including phenoxy) is 1. The first-order chi connectivity index (χ1) is 11.3. The van der Waals surface area contributed by atoms with Crippen molar-refractivity contribution in [1.29, 1.82) is 0 Å². The van der Waals surface area contributed by atoms with Crippen molar-refractivity contribution in [3.05, 3.63) is 24.2 Å². The molecule has 2 heterocycles. The third kappa shape index (κ3) is 8.34. The van der Waals surface area contributed by atoms with Gasteiger partial charge in [-0.2, -0.15) is 0 Å². The highest BCUT2D eigenvalue weighted by Crippen LogP contribution is 2.00. The molecule has 1 aromatic rings. The van der Waals surface area contributed by atoms with Crippen molar-refractivity contribution >= 4 is 29.9 Å². The molecule has 24 heavy (non-hydrogen) atoms. The highest BCUT2D eigenvalue weighted by atomic mass is 127. The molecule has 1 atom stereocenters. The van der Waals surface area contributed by atoms with E-state index >= 15 is 0 Å². The molecule has 0 bridgehead atoms. The van der Waals surface area contributed by atoms with E-state index in [1.165, 1.54) is 0 Å². The van der Waals surface area contributed by atoms with Crippen LogP contribution in [0.1, 0.15) is 26.0 Å². The second-order valence-corrected chi connectivity index (χ2v) is 5.89. The highest BCUT2D eigenvalue weighted by molar-refractivity contribution is 14.0. The Morgan fingerprint density at radius 1 is 1.38 bits per heavy atom. The Morgan fingerprint density at radius 2 is 2.17 bits per heavy atom. The molecular formula is C17H31IN4O2. The summed E-state index contributed by atoms with van der Waals surface area (Å²) < 4.78 is 10.7. The van der Waals surface area contributed by atoms with Gasteiger partial charge in [0.25, 0.3) is 0 Å². The minimum Gasteiger partial charge on any atom is -0.469 e. The molecule has 0 radical (unpaired) electrons. The summed E-state index contributed by atoms with van der Waals surface area (Å²) in [5.41, 5.74) is 0. The zero-order chi connectivity index (χ0) is 16.3. The second-order valence-electron chi connectivity index (χ2n) is 5.89. The Hall–Kier alpha value is -0.800. The molecule has 1 unspecified atom stereocenters. The normalized spacial score (nSPS) is 17.2. The zero-order valence-electron chi connectivity index (χ0n) is 14.8. The summed E-state index contributed by atoms with van der Waals surface area (Å²) >= 11 is 0. The largest absolute Gasteiger partial charge is 0.469 e. The lowest BCUT2D eigenvalue weighted by Crippen LogP contribution is -2.43. The van der Waals surface area contributed by atoms with Crippen LogP contribution < -0.4 is 10.6 Å². The smallest absolute Gasteiger partial charge is 0.191 e. The van der Waals surface area contributed by atoms with Crippen LogP contribution in [0.3, 0.4) is 0 Å². The molecule has 0 aliphatic carbocycles. The van der Waals surface area contributed by atoms with Gasteiger partial charge in [-0.25, -0.2) is 0 Å². The summed E-state index contributed by atoms with van der Waals surface area (Å²) in [6, 6.07) is 4.33. The van der Waals surface area contributed by atoms with Gasteiger partial charge in [-0.15, -0.1) is 24.0 Å². The third-order valence-electron chi connectivity index (χ3n) is 4.03. The van der Waals surface area contributed by atoms with Crippen molar-refractivity contribution in [2.45, 2.75) is 32.7 Å². The first-order valence-electron chi connectivity index (χ1n) is 8.65. The number of hydrogen-bond donors (Lipinski definition) is 2. The number of morpholine rings is 1. The van der Waals surface area contributed by atoms with Crippen molar-refractivity contribution in [3.63, 3.8) is 0 Å². The number of hydrogen-bond acceptors (Lipinski definition) is 4. The van der Waals surface area contributed by atoms with Gasteiger partial charge in [0.1, 0.15) is 5.76 Å². The average molecular weight is 450 g/mol. The molecule has 2 N–H and O–H groups in total. The molecule has 138 valence electrons.